The van der Waals surface area contributed by atoms with Gasteiger partial charge in [-0.25, -0.2) is 14.8 Å². The number of halogens is 3. The van der Waals surface area contributed by atoms with E-state index in [1.54, 1.807) is 23.1 Å². The minimum atomic E-state index is -1.11. The average molecular weight is 510 g/mol. The highest BCUT2D eigenvalue weighted by Gasteiger charge is 2.43. The molecule has 11 heteroatoms. The highest BCUT2D eigenvalue weighted by Crippen LogP contribution is 2.37. The number of carbonyl (C=O) groups is 2. The number of hydrogen-bond acceptors (Lipinski definition) is 6. The number of likely N-dealkylation sites (tertiary alicyclic amines) is 1. The molecule has 2 aliphatic heterocycles. The zero-order chi connectivity index (χ0) is 24.5. The molecule has 2 aliphatic rings. The van der Waals surface area contributed by atoms with Crippen LogP contribution in [0, 0.1) is 11.2 Å². The zero-order valence-electron chi connectivity index (χ0n) is 18.6. The molecular weight excluding hydrogens is 484 g/mol. The van der Waals surface area contributed by atoms with E-state index in [2.05, 4.69) is 21.2 Å². The predicted molar refractivity (Wildman–Crippen MR) is 127 cm³/mol. The van der Waals surface area contributed by atoms with Gasteiger partial charge < -0.3 is 15.3 Å². The van der Waals surface area contributed by atoms with Gasteiger partial charge in [0.05, 0.1) is 27.2 Å². The predicted octanol–water partition coefficient (Wildman–Crippen LogP) is 3.70. The van der Waals surface area contributed by atoms with E-state index in [0.29, 0.717) is 5.69 Å². The van der Waals surface area contributed by atoms with Gasteiger partial charge in [0.1, 0.15) is 0 Å². The van der Waals surface area contributed by atoms with Gasteiger partial charge in [0.2, 0.25) is 0 Å². The molecule has 2 fully saturated rings. The van der Waals surface area contributed by atoms with E-state index >= 15 is 0 Å². The van der Waals surface area contributed by atoms with Crippen LogP contribution in [0.25, 0.3) is 0 Å². The number of rotatable bonds is 6. The number of piperidine rings is 1. The fraction of sp³-hybridized carbons (Fsp3) is 0.435. The molecule has 2 aromatic rings. The second-order valence-corrected chi connectivity index (χ2v) is 9.70. The smallest absolute Gasteiger partial charge is 0.310 e. The normalized spacial score (nSPS) is 21.9. The van der Waals surface area contributed by atoms with E-state index in [1.165, 1.54) is 12.1 Å². The highest BCUT2D eigenvalue weighted by molar-refractivity contribution is 6.43. The Labute approximate surface area is 206 Å². The molecule has 0 aliphatic carbocycles. The van der Waals surface area contributed by atoms with Gasteiger partial charge in [-0.2, -0.15) is 0 Å². The molecule has 0 bridgehead atoms. The molecule has 34 heavy (non-hydrogen) atoms. The maximum atomic E-state index is 14.4. The summed E-state index contributed by atoms with van der Waals surface area (Å²) < 4.78 is 14.4. The largest absolute Gasteiger partial charge is 0.481 e. The minimum absolute atomic E-state index is 0.0784. The summed E-state index contributed by atoms with van der Waals surface area (Å²) in [7, 11) is 0. The number of carbonyl (C=O) groups excluding carboxylic acids is 1. The number of carboxylic acids is 1. The first-order valence-electron chi connectivity index (χ1n) is 11.1. The van der Waals surface area contributed by atoms with Crippen LogP contribution in [0.1, 0.15) is 42.2 Å². The van der Waals surface area contributed by atoms with Crippen molar-refractivity contribution in [3.63, 3.8) is 0 Å². The SMILES string of the molecule is CC1CC(Nc2nc(CC3(C(=O)O)CCN(C(=O)c4cccc(Cl)c4Cl)CC3)ccc2F)NN1. The van der Waals surface area contributed by atoms with E-state index in [0.717, 1.165) is 6.42 Å². The lowest BCUT2D eigenvalue weighted by atomic mass is 9.74. The number of carboxylic acid groups (broad SMARTS) is 1. The summed E-state index contributed by atoms with van der Waals surface area (Å²) >= 11 is 12.2. The zero-order valence-corrected chi connectivity index (χ0v) is 20.1. The van der Waals surface area contributed by atoms with E-state index in [-0.39, 0.29) is 71.9 Å². The summed E-state index contributed by atoms with van der Waals surface area (Å²) in [4.78, 5) is 31.2. The maximum absolute atomic E-state index is 14.4. The number of aromatic nitrogens is 1. The number of pyridine rings is 1. The van der Waals surface area contributed by atoms with Crippen LogP contribution in [0.3, 0.4) is 0 Å². The Morgan fingerprint density at radius 1 is 1.24 bits per heavy atom. The van der Waals surface area contributed by atoms with Crippen LogP contribution in [-0.2, 0) is 11.2 Å². The quantitative estimate of drug-likeness (QED) is 0.470. The first-order chi connectivity index (χ1) is 16.2. The number of hydrogen-bond donors (Lipinski definition) is 4. The highest BCUT2D eigenvalue weighted by atomic mass is 35.5. The number of benzene rings is 1. The Morgan fingerprint density at radius 2 is 1.97 bits per heavy atom. The molecule has 2 unspecified atom stereocenters. The van der Waals surface area contributed by atoms with Crippen molar-refractivity contribution in [2.75, 3.05) is 18.4 Å². The molecule has 0 radical (unpaired) electrons. The molecule has 1 amide bonds. The van der Waals surface area contributed by atoms with Crippen LogP contribution in [0.4, 0.5) is 10.2 Å². The number of nitrogens with zero attached hydrogens (tertiary/aromatic N) is 2. The molecule has 1 aromatic carbocycles. The lowest BCUT2D eigenvalue weighted by Crippen LogP contribution is -2.47. The molecule has 8 nitrogen and oxygen atoms in total. The van der Waals surface area contributed by atoms with Gasteiger partial charge in [-0.15, -0.1) is 0 Å². The van der Waals surface area contributed by atoms with Crippen molar-refractivity contribution in [1.29, 1.82) is 0 Å². The Hall–Kier alpha value is -2.46. The first kappa shape index (κ1) is 24.7. The van der Waals surface area contributed by atoms with Crippen LogP contribution in [-0.4, -0.2) is 52.2 Å². The van der Waals surface area contributed by atoms with Gasteiger partial charge in [-0.1, -0.05) is 29.3 Å². The molecule has 2 atom stereocenters. The molecule has 1 aromatic heterocycles. The van der Waals surface area contributed by atoms with Gasteiger partial charge in [0.25, 0.3) is 5.91 Å². The van der Waals surface area contributed by atoms with Crippen LogP contribution in [0.2, 0.25) is 10.0 Å². The molecule has 3 heterocycles. The molecule has 182 valence electrons. The van der Waals surface area contributed by atoms with Gasteiger partial charge in [-0.3, -0.25) is 15.0 Å². The van der Waals surface area contributed by atoms with Crippen LogP contribution < -0.4 is 16.2 Å². The monoisotopic (exact) mass is 509 g/mol. The van der Waals surface area contributed by atoms with Crippen LogP contribution in [0.15, 0.2) is 30.3 Å². The summed E-state index contributed by atoms with van der Waals surface area (Å²) in [6.45, 7) is 2.49. The van der Waals surface area contributed by atoms with Crippen molar-refractivity contribution in [1.82, 2.24) is 20.7 Å². The number of nitrogens with one attached hydrogen (secondary N) is 3. The Morgan fingerprint density at radius 3 is 2.62 bits per heavy atom. The summed E-state index contributed by atoms with van der Waals surface area (Å²) in [5.41, 5.74) is 5.73. The number of hydrazine groups is 1. The standard InChI is InChI=1S/C23H26Cl2FN5O3/c1-13-11-18(30-29-13)28-20-17(26)6-5-14(27-20)12-23(22(33)34)7-9-31(10-8-23)21(32)15-3-2-4-16(24)19(15)25/h2-6,13,18,29-30H,7-12H2,1H3,(H,27,28)(H,33,34). The van der Waals surface area contributed by atoms with Gasteiger partial charge in [-0.05, 0) is 50.5 Å². The Kier molecular flexibility index (Phi) is 7.28. The molecule has 2 saturated heterocycles. The Bertz CT molecular complexity index is 1090. The molecule has 4 N–H and O–H groups in total. The van der Waals surface area contributed by atoms with Gasteiger partial charge in [0.15, 0.2) is 11.6 Å². The second kappa shape index (κ2) is 10.0. The van der Waals surface area contributed by atoms with E-state index < -0.39 is 17.2 Å². The summed E-state index contributed by atoms with van der Waals surface area (Å²) in [6.07, 6.45) is 1.15. The minimum Gasteiger partial charge on any atom is -0.481 e. The van der Waals surface area contributed by atoms with Crippen molar-refractivity contribution >= 4 is 40.9 Å². The van der Waals surface area contributed by atoms with Crippen LogP contribution in [0.5, 0.6) is 0 Å². The molecule has 0 spiro atoms. The Balaban J connectivity index is 1.47. The third-order valence-electron chi connectivity index (χ3n) is 6.47. The lowest BCUT2D eigenvalue weighted by Gasteiger charge is -2.39. The van der Waals surface area contributed by atoms with Crippen molar-refractivity contribution in [2.24, 2.45) is 5.41 Å². The summed E-state index contributed by atoms with van der Waals surface area (Å²) in [5.74, 6) is -1.68. The van der Waals surface area contributed by atoms with E-state index in [1.807, 2.05) is 6.92 Å². The summed E-state index contributed by atoms with van der Waals surface area (Å²) in [6, 6.07) is 7.89. The van der Waals surface area contributed by atoms with Crippen LogP contribution >= 0.6 is 23.2 Å². The topological polar surface area (TPSA) is 107 Å². The van der Waals surface area contributed by atoms with Crippen molar-refractivity contribution in [3.8, 4) is 0 Å². The van der Waals surface area contributed by atoms with E-state index in [4.69, 9.17) is 23.2 Å². The number of aliphatic carboxylic acids is 1. The maximum Gasteiger partial charge on any atom is 0.310 e. The fourth-order valence-corrected chi connectivity index (χ4v) is 4.83. The second-order valence-electron chi connectivity index (χ2n) is 8.91. The summed E-state index contributed by atoms with van der Waals surface area (Å²) in [5, 5.41) is 13.6. The van der Waals surface area contributed by atoms with Crippen molar-refractivity contribution < 1.29 is 19.1 Å². The van der Waals surface area contributed by atoms with Crippen molar-refractivity contribution in [2.45, 2.75) is 44.8 Å². The fourth-order valence-electron chi connectivity index (χ4n) is 4.45. The third kappa shape index (κ3) is 5.12. The molecule has 0 saturated carbocycles. The third-order valence-corrected chi connectivity index (χ3v) is 7.29. The first-order valence-corrected chi connectivity index (χ1v) is 11.8. The number of anilines is 1. The molecular formula is C23H26Cl2FN5O3. The van der Waals surface area contributed by atoms with Gasteiger partial charge >= 0.3 is 5.97 Å². The lowest BCUT2D eigenvalue weighted by molar-refractivity contribution is -0.151. The average Bonchev–Trinajstić information content (AvgIpc) is 3.22. The van der Waals surface area contributed by atoms with E-state index in [9.17, 15) is 19.1 Å². The number of amides is 1. The van der Waals surface area contributed by atoms with Crippen molar-refractivity contribution in [3.05, 3.63) is 57.5 Å². The van der Waals surface area contributed by atoms with Gasteiger partial charge in [0, 0.05) is 31.2 Å². The molecule has 4 rings (SSSR count).